The van der Waals surface area contributed by atoms with Crippen LogP contribution < -0.4 is 5.32 Å². The van der Waals surface area contributed by atoms with Gasteiger partial charge in [0.05, 0.1) is 0 Å². The topological polar surface area (TPSA) is 62.6 Å². The molecule has 1 unspecified atom stereocenters. The van der Waals surface area contributed by atoms with Gasteiger partial charge in [-0.05, 0) is 17.7 Å². The third-order valence-corrected chi connectivity index (χ3v) is 5.75. The van der Waals surface area contributed by atoms with E-state index in [-0.39, 0.29) is 11.7 Å². The average Bonchev–Trinajstić information content (AvgIpc) is 3.00. The van der Waals surface area contributed by atoms with Gasteiger partial charge in [0.25, 0.3) is 0 Å². The van der Waals surface area contributed by atoms with E-state index in [1.165, 1.54) is 0 Å². The van der Waals surface area contributed by atoms with Crippen molar-refractivity contribution in [3.05, 3.63) is 48.0 Å². The van der Waals surface area contributed by atoms with Crippen LogP contribution >= 0.6 is 0 Å². The van der Waals surface area contributed by atoms with E-state index in [1.807, 2.05) is 42.5 Å². The molecule has 0 saturated carbocycles. The van der Waals surface area contributed by atoms with Gasteiger partial charge in [0.2, 0.25) is 5.91 Å². The smallest absolute Gasteiger partial charge is 0.235 e. The summed E-state index contributed by atoms with van der Waals surface area (Å²) in [6.45, 7) is 3.00. The minimum atomic E-state index is -1.22. The quantitative estimate of drug-likeness (QED) is 0.779. The summed E-state index contributed by atoms with van der Waals surface area (Å²) in [5.41, 5.74) is 2.58. The molecule has 0 spiro atoms. The number of benzene rings is 2. The molecule has 3 aromatic rings. The predicted octanol–water partition coefficient (Wildman–Crippen LogP) is 2.27. The Kier molecular flexibility index (Phi) is 4.55. The molecule has 0 aliphatic carbocycles. The van der Waals surface area contributed by atoms with Gasteiger partial charge in [-0.1, -0.05) is 30.3 Å². The summed E-state index contributed by atoms with van der Waals surface area (Å²) in [4.78, 5) is 14.0. The number of nitrogens with one attached hydrogen (secondary N) is 1. The molecule has 130 valence electrons. The highest BCUT2D eigenvalue weighted by atomic mass is 32.2. The molecule has 25 heavy (non-hydrogen) atoms. The molecular formula is C19H20N2O3S. The van der Waals surface area contributed by atoms with Gasteiger partial charge in [0, 0.05) is 53.5 Å². The fourth-order valence-electron chi connectivity index (χ4n) is 3.24. The summed E-state index contributed by atoms with van der Waals surface area (Å²) in [7, 11) is -1.22. The first kappa shape index (κ1) is 16.3. The maximum Gasteiger partial charge on any atom is 0.235 e. The zero-order valence-corrected chi connectivity index (χ0v) is 14.7. The Hall–Kier alpha value is -2.18. The van der Waals surface area contributed by atoms with Crippen LogP contribution in [0.2, 0.25) is 0 Å². The SMILES string of the molecule is O=C(CS(=O)Cc1ccc2c(c1)oc1ccccc12)N1CCNCC1. The van der Waals surface area contributed by atoms with E-state index in [0.29, 0.717) is 18.8 Å². The van der Waals surface area contributed by atoms with Gasteiger partial charge in [-0.2, -0.15) is 0 Å². The molecular weight excluding hydrogens is 336 g/mol. The van der Waals surface area contributed by atoms with Gasteiger partial charge in [-0.15, -0.1) is 0 Å². The van der Waals surface area contributed by atoms with Gasteiger partial charge in [-0.3, -0.25) is 9.00 Å². The molecule has 1 atom stereocenters. The summed E-state index contributed by atoms with van der Waals surface area (Å²) in [6, 6.07) is 13.8. The standard InChI is InChI=1S/C19H20N2O3S/c22-19(21-9-7-20-8-10-21)13-25(23)12-14-5-6-16-15-3-1-2-4-17(15)24-18(16)11-14/h1-6,11,20H,7-10,12-13H2. The molecule has 4 rings (SSSR count). The number of carbonyl (C=O) groups excluding carboxylic acids is 1. The van der Waals surface area contributed by atoms with E-state index in [0.717, 1.165) is 40.6 Å². The van der Waals surface area contributed by atoms with Crippen LogP contribution in [0.1, 0.15) is 5.56 Å². The number of amides is 1. The van der Waals surface area contributed by atoms with Crippen molar-refractivity contribution in [3.8, 4) is 0 Å². The van der Waals surface area contributed by atoms with Crippen molar-refractivity contribution in [2.75, 3.05) is 31.9 Å². The normalized spacial score (nSPS) is 16.4. The molecule has 1 aromatic heterocycles. The molecule has 2 heterocycles. The Labute approximate surface area is 148 Å². The predicted molar refractivity (Wildman–Crippen MR) is 99.9 cm³/mol. The number of rotatable bonds is 4. The zero-order chi connectivity index (χ0) is 17.2. The van der Waals surface area contributed by atoms with Gasteiger partial charge in [0.1, 0.15) is 16.9 Å². The van der Waals surface area contributed by atoms with Crippen molar-refractivity contribution in [2.24, 2.45) is 0 Å². The first-order valence-corrected chi connectivity index (χ1v) is 9.93. The second kappa shape index (κ2) is 6.98. The lowest BCUT2D eigenvalue weighted by molar-refractivity contribution is -0.128. The molecule has 2 aromatic carbocycles. The minimum absolute atomic E-state index is 0.0235. The number of furan rings is 1. The average molecular weight is 356 g/mol. The number of piperazine rings is 1. The maximum absolute atomic E-state index is 12.4. The summed E-state index contributed by atoms with van der Waals surface area (Å²) in [6.07, 6.45) is 0. The largest absolute Gasteiger partial charge is 0.456 e. The van der Waals surface area contributed by atoms with Crippen LogP contribution in [-0.4, -0.2) is 46.9 Å². The highest BCUT2D eigenvalue weighted by molar-refractivity contribution is 7.84. The Morgan fingerprint density at radius 2 is 1.84 bits per heavy atom. The highest BCUT2D eigenvalue weighted by Crippen LogP contribution is 2.29. The molecule has 1 fully saturated rings. The summed E-state index contributed by atoms with van der Waals surface area (Å²) in [5.74, 6) is 0.424. The van der Waals surface area contributed by atoms with E-state index >= 15 is 0 Å². The Bertz CT molecular complexity index is 944. The van der Waals surface area contributed by atoms with Crippen LogP contribution in [0.15, 0.2) is 46.9 Å². The zero-order valence-electron chi connectivity index (χ0n) is 13.9. The first-order valence-electron chi connectivity index (χ1n) is 8.44. The molecule has 1 aliphatic rings. The van der Waals surface area contributed by atoms with Crippen molar-refractivity contribution < 1.29 is 13.4 Å². The van der Waals surface area contributed by atoms with E-state index < -0.39 is 10.8 Å². The third kappa shape index (κ3) is 3.45. The number of hydrogen-bond acceptors (Lipinski definition) is 4. The van der Waals surface area contributed by atoms with Crippen LogP contribution in [0.5, 0.6) is 0 Å². The molecule has 0 radical (unpaired) electrons. The van der Waals surface area contributed by atoms with Crippen LogP contribution in [0.3, 0.4) is 0 Å². The molecule has 1 aliphatic heterocycles. The van der Waals surface area contributed by atoms with Gasteiger partial charge in [-0.25, -0.2) is 0 Å². The molecule has 5 nitrogen and oxygen atoms in total. The van der Waals surface area contributed by atoms with Gasteiger partial charge < -0.3 is 14.6 Å². The lowest BCUT2D eigenvalue weighted by atomic mass is 10.1. The molecule has 1 amide bonds. The Balaban J connectivity index is 1.47. The lowest BCUT2D eigenvalue weighted by Gasteiger charge is -2.27. The lowest BCUT2D eigenvalue weighted by Crippen LogP contribution is -2.47. The monoisotopic (exact) mass is 356 g/mol. The summed E-state index contributed by atoms with van der Waals surface area (Å²) < 4.78 is 18.3. The fourth-order valence-corrected chi connectivity index (χ4v) is 4.35. The van der Waals surface area contributed by atoms with Crippen LogP contribution in [0.4, 0.5) is 0 Å². The number of hydrogen-bond donors (Lipinski definition) is 1. The Morgan fingerprint density at radius 1 is 1.08 bits per heavy atom. The molecule has 0 bridgehead atoms. The molecule has 6 heteroatoms. The van der Waals surface area contributed by atoms with Crippen molar-refractivity contribution in [2.45, 2.75) is 5.75 Å². The minimum Gasteiger partial charge on any atom is -0.456 e. The second-order valence-electron chi connectivity index (χ2n) is 6.29. The number of carbonyl (C=O) groups is 1. The van der Waals surface area contributed by atoms with Crippen molar-refractivity contribution in [1.82, 2.24) is 10.2 Å². The van der Waals surface area contributed by atoms with Crippen molar-refractivity contribution in [1.29, 1.82) is 0 Å². The van der Waals surface area contributed by atoms with E-state index in [2.05, 4.69) is 5.32 Å². The summed E-state index contributed by atoms with van der Waals surface area (Å²) in [5, 5.41) is 5.35. The van der Waals surface area contributed by atoms with Crippen molar-refractivity contribution >= 4 is 38.6 Å². The molecule has 1 saturated heterocycles. The summed E-state index contributed by atoms with van der Waals surface area (Å²) >= 11 is 0. The van der Waals surface area contributed by atoms with Crippen LogP contribution in [0.25, 0.3) is 21.9 Å². The van der Waals surface area contributed by atoms with Crippen molar-refractivity contribution in [3.63, 3.8) is 0 Å². The van der Waals surface area contributed by atoms with E-state index in [4.69, 9.17) is 4.42 Å². The fraction of sp³-hybridized carbons (Fsp3) is 0.316. The molecule has 1 N–H and O–H groups in total. The number of fused-ring (bicyclic) bond motifs is 3. The third-order valence-electron chi connectivity index (χ3n) is 4.52. The van der Waals surface area contributed by atoms with Crippen LogP contribution in [-0.2, 0) is 21.3 Å². The first-order chi connectivity index (χ1) is 12.2. The van der Waals surface area contributed by atoms with Crippen LogP contribution in [0, 0.1) is 0 Å². The van der Waals surface area contributed by atoms with Gasteiger partial charge in [0.15, 0.2) is 0 Å². The Morgan fingerprint density at radius 3 is 2.68 bits per heavy atom. The number of para-hydroxylation sites is 1. The number of nitrogens with zero attached hydrogens (tertiary/aromatic N) is 1. The van der Waals surface area contributed by atoms with Gasteiger partial charge >= 0.3 is 0 Å². The van der Waals surface area contributed by atoms with E-state index in [9.17, 15) is 9.00 Å². The highest BCUT2D eigenvalue weighted by Gasteiger charge is 2.18. The van der Waals surface area contributed by atoms with E-state index in [1.54, 1.807) is 4.90 Å². The second-order valence-corrected chi connectivity index (χ2v) is 7.75. The maximum atomic E-state index is 12.4.